The second-order valence-electron chi connectivity index (χ2n) is 8.23. The Morgan fingerprint density at radius 1 is 1.35 bits per heavy atom. The van der Waals surface area contributed by atoms with Crippen molar-refractivity contribution < 1.29 is 23.4 Å². The lowest BCUT2D eigenvalue weighted by Crippen LogP contribution is -2.44. The third-order valence-electron chi connectivity index (χ3n) is 6.02. The van der Waals surface area contributed by atoms with Crippen molar-refractivity contribution in [1.29, 1.82) is 0 Å². The van der Waals surface area contributed by atoms with Crippen LogP contribution in [0, 0.1) is 0 Å². The topological polar surface area (TPSA) is 72.6 Å². The van der Waals surface area contributed by atoms with Crippen LogP contribution in [0.3, 0.4) is 0 Å². The molecule has 4 heterocycles. The van der Waals surface area contributed by atoms with Gasteiger partial charge in [-0.25, -0.2) is 13.5 Å². The van der Waals surface area contributed by atoms with E-state index in [9.17, 15) is 13.9 Å². The Bertz CT molecular complexity index is 876. The van der Waals surface area contributed by atoms with E-state index in [4.69, 9.17) is 21.1 Å². The van der Waals surface area contributed by atoms with Crippen LogP contribution in [-0.4, -0.2) is 70.4 Å². The quantitative estimate of drug-likeness (QED) is 0.730. The van der Waals surface area contributed by atoms with Gasteiger partial charge in [0, 0.05) is 42.8 Å². The molecule has 2 aliphatic rings. The van der Waals surface area contributed by atoms with Gasteiger partial charge in [0.15, 0.2) is 5.60 Å². The van der Waals surface area contributed by atoms with Gasteiger partial charge in [-0.15, -0.1) is 16.4 Å². The number of fused-ring (bicyclic) bond motifs is 1. The van der Waals surface area contributed by atoms with Crippen molar-refractivity contribution >= 4 is 22.9 Å². The highest BCUT2D eigenvalue weighted by molar-refractivity contribution is 7.16. The van der Waals surface area contributed by atoms with Crippen LogP contribution in [-0.2, 0) is 28.0 Å². The fourth-order valence-electron chi connectivity index (χ4n) is 4.12. The molecule has 172 valence electrons. The van der Waals surface area contributed by atoms with Gasteiger partial charge in [-0.1, -0.05) is 16.8 Å². The number of aromatic nitrogens is 3. The van der Waals surface area contributed by atoms with Crippen LogP contribution >= 0.6 is 22.9 Å². The zero-order valence-corrected chi connectivity index (χ0v) is 18.9. The molecule has 1 fully saturated rings. The molecule has 2 aromatic heterocycles. The fraction of sp³-hybridized carbons (Fsp3) is 0.700. The molecule has 2 aliphatic heterocycles. The number of ether oxygens (including phenoxy) is 2. The third kappa shape index (κ3) is 5.09. The minimum Gasteiger partial charge on any atom is -0.381 e. The molecule has 4 rings (SSSR count). The van der Waals surface area contributed by atoms with Gasteiger partial charge in [-0.2, -0.15) is 0 Å². The molecule has 0 aromatic carbocycles. The summed E-state index contributed by atoms with van der Waals surface area (Å²) in [7, 11) is 0. The first kappa shape index (κ1) is 23.0. The van der Waals surface area contributed by atoms with Gasteiger partial charge in [0.25, 0.3) is 6.43 Å². The lowest BCUT2D eigenvalue weighted by molar-refractivity contribution is -0.148. The van der Waals surface area contributed by atoms with Gasteiger partial charge in [-0.05, 0) is 32.3 Å². The molecule has 0 saturated carbocycles. The highest BCUT2D eigenvalue weighted by Crippen LogP contribution is 2.39. The molecule has 7 nitrogen and oxygen atoms in total. The van der Waals surface area contributed by atoms with Gasteiger partial charge in [-0.3, -0.25) is 4.90 Å². The highest BCUT2D eigenvalue weighted by atomic mass is 35.5. The average Bonchev–Trinajstić information content (AvgIpc) is 3.37. The fourth-order valence-corrected chi connectivity index (χ4v) is 5.46. The Balaban J connectivity index is 1.50. The predicted octanol–water partition coefficient (Wildman–Crippen LogP) is 3.26. The standard InChI is InChI=1S/C20H27ClF2N4O3S/c1-13-11-30-12-20(28,19(22)23)16-8-18(21)31-17(16)2-5-26(13)9-14-10-27(25-24-14)15-3-6-29-7-4-15/h8,10,13,15,19,28H,2-7,9,11-12H2,1H3/t13-,20+/m0/s1. The molecule has 0 radical (unpaired) electrons. The van der Waals surface area contributed by atoms with Crippen LogP contribution in [0.5, 0.6) is 0 Å². The normalized spacial score (nSPS) is 26.8. The third-order valence-corrected chi connectivity index (χ3v) is 7.35. The van der Waals surface area contributed by atoms with E-state index >= 15 is 0 Å². The van der Waals surface area contributed by atoms with E-state index in [0.29, 0.717) is 34.8 Å². The molecule has 2 aromatic rings. The van der Waals surface area contributed by atoms with Crippen LogP contribution in [0.2, 0.25) is 4.34 Å². The van der Waals surface area contributed by atoms with Gasteiger partial charge in [0.05, 0.1) is 35.5 Å². The lowest BCUT2D eigenvalue weighted by atomic mass is 9.94. The number of rotatable bonds is 4. The van der Waals surface area contributed by atoms with Crippen molar-refractivity contribution in [3.8, 4) is 0 Å². The summed E-state index contributed by atoms with van der Waals surface area (Å²) in [5, 5.41) is 19.3. The first-order valence-corrected chi connectivity index (χ1v) is 11.7. The molecule has 0 aliphatic carbocycles. The maximum atomic E-state index is 13.8. The average molecular weight is 477 g/mol. The summed E-state index contributed by atoms with van der Waals surface area (Å²) < 4.78 is 40.8. The number of alkyl halides is 2. The van der Waals surface area contributed by atoms with Crippen molar-refractivity contribution in [3.05, 3.63) is 32.7 Å². The Hall–Kier alpha value is -1.17. The molecule has 0 amide bonds. The van der Waals surface area contributed by atoms with Crippen molar-refractivity contribution in [1.82, 2.24) is 19.9 Å². The molecule has 1 saturated heterocycles. The molecule has 0 bridgehead atoms. The maximum absolute atomic E-state index is 13.8. The number of hydrogen-bond acceptors (Lipinski definition) is 7. The minimum atomic E-state index is -2.97. The van der Waals surface area contributed by atoms with E-state index in [1.165, 1.54) is 17.4 Å². The first-order chi connectivity index (χ1) is 14.9. The number of thiophene rings is 1. The van der Waals surface area contributed by atoms with E-state index in [-0.39, 0.29) is 18.2 Å². The first-order valence-electron chi connectivity index (χ1n) is 10.5. The number of nitrogens with zero attached hydrogens (tertiary/aromatic N) is 4. The largest absolute Gasteiger partial charge is 0.381 e. The van der Waals surface area contributed by atoms with Gasteiger partial charge >= 0.3 is 0 Å². The van der Waals surface area contributed by atoms with E-state index in [1.807, 2.05) is 17.8 Å². The van der Waals surface area contributed by atoms with Crippen LogP contribution < -0.4 is 0 Å². The Kier molecular flexibility index (Phi) is 7.24. The summed E-state index contributed by atoms with van der Waals surface area (Å²) >= 11 is 7.35. The van der Waals surface area contributed by atoms with E-state index in [0.717, 1.165) is 31.7 Å². The highest BCUT2D eigenvalue weighted by Gasteiger charge is 2.43. The Morgan fingerprint density at radius 2 is 2.13 bits per heavy atom. The van der Waals surface area contributed by atoms with Crippen LogP contribution in [0.1, 0.15) is 41.9 Å². The van der Waals surface area contributed by atoms with Crippen LogP contribution in [0.15, 0.2) is 12.3 Å². The van der Waals surface area contributed by atoms with Crippen molar-refractivity contribution in [2.45, 2.75) is 56.8 Å². The summed E-state index contributed by atoms with van der Waals surface area (Å²) in [5.41, 5.74) is -1.34. The molecular weight excluding hydrogens is 450 g/mol. The van der Waals surface area contributed by atoms with Crippen molar-refractivity contribution in [2.75, 3.05) is 33.0 Å². The summed E-state index contributed by atoms with van der Waals surface area (Å²) in [4.78, 5) is 2.85. The van der Waals surface area contributed by atoms with E-state index < -0.39 is 18.6 Å². The van der Waals surface area contributed by atoms with Crippen LogP contribution in [0.4, 0.5) is 8.78 Å². The zero-order chi connectivity index (χ0) is 22.0. The summed E-state index contributed by atoms with van der Waals surface area (Å²) in [5.74, 6) is 0. The second-order valence-corrected chi connectivity index (χ2v) is 10.00. The summed E-state index contributed by atoms with van der Waals surface area (Å²) in [6.45, 7) is 4.35. The molecule has 31 heavy (non-hydrogen) atoms. The molecule has 11 heteroatoms. The monoisotopic (exact) mass is 476 g/mol. The van der Waals surface area contributed by atoms with Gasteiger partial charge in [0.2, 0.25) is 0 Å². The number of aliphatic hydroxyl groups is 1. The number of hydrogen-bond donors (Lipinski definition) is 1. The van der Waals surface area contributed by atoms with Crippen LogP contribution in [0.25, 0.3) is 0 Å². The smallest absolute Gasteiger partial charge is 0.273 e. The van der Waals surface area contributed by atoms with Crippen molar-refractivity contribution in [2.24, 2.45) is 0 Å². The Labute approximate surface area is 188 Å². The second kappa shape index (κ2) is 9.76. The lowest BCUT2D eigenvalue weighted by Gasteiger charge is -2.33. The van der Waals surface area contributed by atoms with E-state index in [1.54, 1.807) is 0 Å². The predicted molar refractivity (Wildman–Crippen MR) is 113 cm³/mol. The summed E-state index contributed by atoms with van der Waals surface area (Å²) in [6.07, 6.45) is 1.35. The SMILES string of the molecule is C[C@H]1COC[C@](O)(C(F)F)c2cc(Cl)sc2CCN1Cc1cn(C2CCOCC2)nn1. The maximum Gasteiger partial charge on any atom is 0.273 e. The molecular formula is C20H27ClF2N4O3S. The van der Waals surface area contributed by atoms with E-state index in [2.05, 4.69) is 15.2 Å². The Morgan fingerprint density at radius 3 is 2.87 bits per heavy atom. The molecule has 0 unspecified atom stereocenters. The number of halogens is 3. The van der Waals surface area contributed by atoms with Gasteiger partial charge < -0.3 is 14.6 Å². The molecule has 2 atom stereocenters. The molecule has 0 spiro atoms. The molecule has 1 N–H and O–H groups in total. The van der Waals surface area contributed by atoms with Crippen molar-refractivity contribution in [3.63, 3.8) is 0 Å². The summed E-state index contributed by atoms with van der Waals surface area (Å²) in [6, 6.07) is 1.69. The van der Waals surface area contributed by atoms with Gasteiger partial charge in [0.1, 0.15) is 0 Å². The minimum absolute atomic E-state index is 0.0489. The zero-order valence-electron chi connectivity index (χ0n) is 17.3.